The van der Waals surface area contributed by atoms with Crippen molar-refractivity contribution in [1.82, 2.24) is 9.78 Å². The first-order chi connectivity index (χ1) is 8.70. The molecule has 0 fully saturated rings. The van der Waals surface area contributed by atoms with Gasteiger partial charge in [-0.2, -0.15) is 5.10 Å². The van der Waals surface area contributed by atoms with Crippen molar-refractivity contribution < 1.29 is 4.74 Å². The molecule has 0 amide bonds. The number of ether oxygens (including phenoxy) is 1. The molecule has 96 valence electrons. The van der Waals surface area contributed by atoms with Crippen LogP contribution in [0.4, 0.5) is 0 Å². The maximum absolute atomic E-state index is 6.08. The predicted molar refractivity (Wildman–Crippen MR) is 71.8 cm³/mol. The third-order valence-corrected chi connectivity index (χ3v) is 2.92. The van der Waals surface area contributed by atoms with Crippen molar-refractivity contribution in [2.45, 2.75) is 19.5 Å². The van der Waals surface area contributed by atoms with Crippen LogP contribution in [0.1, 0.15) is 18.7 Å². The smallest absolute Gasteiger partial charge is 0.119 e. The lowest BCUT2D eigenvalue weighted by Gasteiger charge is -2.14. The van der Waals surface area contributed by atoms with E-state index in [1.165, 1.54) is 0 Å². The molecule has 0 bridgehead atoms. The number of rotatable bonds is 5. The van der Waals surface area contributed by atoms with E-state index >= 15 is 0 Å². The van der Waals surface area contributed by atoms with Gasteiger partial charge < -0.3 is 10.5 Å². The van der Waals surface area contributed by atoms with Crippen molar-refractivity contribution >= 4 is 11.6 Å². The molecular formula is C13H16ClN3O. The van der Waals surface area contributed by atoms with Gasteiger partial charge in [0.2, 0.25) is 0 Å². The molecule has 0 saturated carbocycles. The van der Waals surface area contributed by atoms with E-state index in [4.69, 9.17) is 22.1 Å². The first kappa shape index (κ1) is 12.9. The Hall–Kier alpha value is -1.52. The quantitative estimate of drug-likeness (QED) is 0.904. The highest BCUT2D eigenvalue weighted by atomic mass is 35.5. The number of benzene rings is 1. The maximum atomic E-state index is 6.08. The van der Waals surface area contributed by atoms with Gasteiger partial charge in [-0.3, -0.25) is 4.68 Å². The lowest BCUT2D eigenvalue weighted by Crippen LogP contribution is -2.22. The molecule has 0 aliphatic heterocycles. The Kier molecular flexibility index (Phi) is 4.23. The van der Waals surface area contributed by atoms with Crippen LogP contribution in [0.15, 0.2) is 36.5 Å². The van der Waals surface area contributed by atoms with Crippen LogP contribution < -0.4 is 10.5 Å². The Morgan fingerprint density at radius 1 is 1.33 bits per heavy atom. The summed E-state index contributed by atoms with van der Waals surface area (Å²) in [5.74, 6) is 0.761. The Labute approximate surface area is 111 Å². The molecule has 5 heteroatoms. The molecule has 0 aliphatic carbocycles. The first-order valence-electron chi connectivity index (χ1n) is 5.86. The minimum absolute atomic E-state index is 0.192. The van der Waals surface area contributed by atoms with Crippen molar-refractivity contribution in [3.05, 3.63) is 47.2 Å². The molecule has 0 radical (unpaired) electrons. The molecule has 2 rings (SSSR count). The second-order valence-electron chi connectivity index (χ2n) is 3.94. The Morgan fingerprint density at radius 3 is 2.72 bits per heavy atom. The van der Waals surface area contributed by atoms with Crippen LogP contribution in [-0.4, -0.2) is 16.4 Å². The molecule has 4 nitrogen and oxygen atoms in total. The number of aryl methyl sites for hydroxylation is 1. The number of nitrogens with two attached hydrogens (primary N) is 1. The van der Waals surface area contributed by atoms with Gasteiger partial charge in [-0.25, -0.2) is 0 Å². The summed E-state index contributed by atoms with van der Waals surface area (Å²) < 4.78 is 7.49. The summed E-state index contributed by atoms with van der Waals surface area (Å²) in [6.07, 6.45) is 1.75. The van der Waals surface area contributed by atoms with E-state index in [1.807, 2.05) is 29.8 Å². The minimum atomic E-state index is -0.192. The van der Waals surface area contributed by atoms with Gasteiger partial charge in [0.25, 0.3) is 0 Å². The molecule has 1 aromatic heterocycles. The molecule has 1 heterocycles. The minimum Gasteiger partial charge on any atom is -0.492 e. The molecule has 0 saturated heterocycles. The molecule has 0 spiro atoms. The normalized spacial score (nSPS) is 12.4. The van der Waals surface area contributed by atoms with Gasteiger partial charge in [0.1, 0.15) is 12.4 Å². The summed E-state index contributed by atoms with van der Waals surface area (Å²) in [4.78, 5) is 0. The van der Waals surface area contributed by atoms with E-state index in [0.717, 1.165) is 18.0 Å². The number of hydrogen-bond acceptors (Lipinski definition) is 3. The number of nitrogens with zero attached hydrogens (tertiary/aromatic N) is 2. The van der Waals surface area contributed by atoms with Crippen LogP contribution in [0.25, 0.3) is 0 Å². The van der Waals surface area contributed by atoms with Crippen molar-refractivity contribution in [2.75, 3.05) is 6.61 Å². The van der Waals surface area contributed by atoms with E-state index in [-0.39, 0.29) is 6.04 Å². The van der Waals surface area contributed by atoms with E-state index < -0.39 is 0 Å². The van der Waals surface area contributed by atoms with Crippen LogP contribution in [0.3, 0.4) is 0 Å². The molecule has 1 aromatic carbocycles. The molecular weight excluding hydrogens is 250 g/mol. The summed E-state index contributed by atoms with van der Waals surface area (Å²) in [6, 6.07) is 8.96. The van der Waals surface area contributed by atoms with Crippen LogP contribution in [0.5, 0.6) is 5.75 Å². The van der Waals surface area contributed by atoms with Crippen LogP contribution in [0.2, 0.25) is 5.02 Å². The van der Waals surface area contributed by atoms with Crippen molar-refractivity contribution in [2.24, 2.45) is 5.73 Å². The summed E-state index contributed by atoms with van der Waals surface area (Å²) in [6.45, 7) is 3.24. The average molecular weight is 266 g/mol. The number of aromatic nitrogens is 2. The predicted octanol–water partition coefficient (Wildman–Crippen LogP) is 2.64. The molecule has 2 aromatic rings. The fourth-order valence-electron chi connectivity index (χ4n) is 1.72. The molecule has 0 aliphatic rings. The highest BCUT2D eigenvalue weighted by molar-refractivity contribution is 6.30. The van der Waals surface area contributed by atoms with Gasteiger partial charge in [-0.1, -0.05) is 11.6 Å². The first-order valence-corrected chi connectivity index (χ1v) is 6.24. The topological polar surface area (TPSA) is 53.1 Å². The van der Waals surface area contributed by atoms with Crippen LogP contribution >= 0.6 is 11.6 Å². The Balaban J connectivity index is 1.96. The zero-order chi connectivity index (χ0) is 13.0. The zero-order valence-corrected chi connectivity index (χ0v) is 11.0. The van der Waals surface area contributed by atoms with Gasteiger partial charge in [0, 0.05) is 17.8 Å². The highest BCUT2D eigenvalue weighted by Crippen LogP contribution is 2.17. The fraction of sp³-hybridized carbons (Fsp3) is 0.308. The fourth-order valence-corrected chi connectivity index (χ4v) is 1.85. The van der Waals surface area contributed by atoms with Crippen LogP contribution in [-0.2, 0) is 6.54 Å². The summed E-state index contributed by atoms with van der Waals surface area (Å²) in [5.41, 5.74) is 7.06. The monoisotopic (exact) mass is 265 g/mol. The third-order valence-electron chi connectivity index (χ3n) is 2.67. The summed E-state index contributed by atoms with van der Waals surface area (Å²) >= 11 is 5.80. The van der Waals surface area contributed by atoms with Crippen molar-refractivity contribution in [3.8, 4) is 5.75 Å². The van der Waals surface area contributed by atoms with Crippen LogP contribution in [0, 0.1) is 0 Å². The second-order valence-corrected chi connectivity index (χ2v) is 4.38. The highest BCUT2D eigenvalue weighted by Gasteiger charge is 2.11. The SMILES string of the molecule is CCn1nccc1C(N)COc1ccc(Cl)cc1. The number of hydrogen-bond donors (Lipinski definition) is 1. The zero-order valence-electron chi connectivity index (χ0n) is 10.2. The van der Waals surface area contributed by atoms with Crippen molar-refractivity contribution in [1.29, 1.82) is 0 Å². The van der Waals surface area contributed by atoms with Gasteiger partial charge in [-0.05, 0) is 37.3 Å². The average Bonchev–Trinajstić information content (AvgIpc) is 2.86. The van der Waals surface area contributed by atoms with E-state index in [2.05, 4.69) is 5.10 Å². The Morgan fingerprint density at radius 2 is 2.06 bits per heavy atom. The lowest BCUT2D eigenvalue weighted by atomic mass is 10.2. The second kappa shape index (κ2) is 5.89. The molecule has 2 N–H and O–H groups in total. The lowest BCUT2D eigenvalue weighted by molar-refractivity contribution is 0.284. The van der Waals surface area contributed by atoms with E-state index in [9.17, 15) is 0 Å². The summed E-state index contributed by atoms with van der Waals surface area (Å²) in [5, 5.41) is 4.88. The van der Waals surface area contributed by atoms with E-state index in [0.29, 0.717) is 11.6 Å². The van der Waals surface area contributed by atoms with Gasteiger partial charge in [-0.15, -0.1) is 0 Å². The standard InChI is InChI=1S/C13H16ClN3O/c1-2-17-13(7-8-16-17)12(15)9-18-11-5-3-10(14)4-6-11/h3-8,12H,2,9,15H2,1H3. The molecule has 1 atom stereocenters. The number of halogens is 1. The maximum Gasteiger partial charge on any atom is 0.119 e. The van der Waals surface area contributed by atoms with Gasteiger partial charge in [0.05, 0.1) is 11.7 Å². The van der Waals surface area contributed by atoms with Gasteiger partial charge >= 0.3 is 0 Å². The van der Waals surface area contributed by atoms with Gasteiger partial charge in [0.15, 0.2) is 0 Å². The van der Waals surface area contributed by atoms with Crippen molar-refractivity contribution in [3.63, 3.8) is 0 Å². The molecule has 18 heavy (non-hydrogen) atoms. The largest absolute Gasteiger partial charge is 0.492 e. The van der Waals surface area contributed by atoms with E-state index in [1.54, 1.807) is 18.3 Å². The third kappa shape index (κ3) is 3.03. The Bertz CT molecular complexity index is 495. The summed E-state index contributed by atoms with van der Waals surface area (Å²) in [7, 11) is 0. The molecule has 1 unspecified atom stereocenters.